The van der Waals surface area contributed by atoms with Gasteiger partial charge in [-0.05, 0) is 51.9 Å². The third-order valence-corrected chi connectivity index (χ3v) is 6.08. The van der Waals surface area contributed by atoms with E-state index in [1.165, 1.54) is 19.3 Å². The number of carbonyl (C=O) groups is 1. The lowest BCUT2D eigenvalue weighted by atomic mass is 9.84. The molecule has 0 radical (unpaired) electrons. The van der Waals surface area contributed by atoms with E-state index in [0.717, 1.165) is 63.6 Å². The average molecular weight is 374 g/mol. The van der Waals surface area contributed by atoms with E-state index in [0.29, 0.717) is 12.2 Å². The second-order valence-electron chi connectivity index (χ2n) is 8.02. The Labute approximate surface area is 160 Å². The van der Waals surface area contributed by atoms with Crippen LogP contribution in [-0.4, -0.2) is 60.4 Å². The maximum Gasteiger partial charge on any atom is 0.254 e. The smallest absolute Gasteiger partial charge is 0.254 e. The maximum atomic E-state index is 12.8. The SMILES string of the molecule is Cc1nc(N2CCCCC2)ncc1C(=O)N[C@@H]1CCOC2(CCOCC2)C1. The molecule has 3 saturated heterocycles. The molecule has 7 heteroatoms. The van der Waals surface area contributed by atoms with Crippen LogP contribution in [0.15, 0.2) is 6.20 Å². The first-order chi connectivity index (χ1) is 13.2. The summed E-state index contributed by atoms with van der Waals surface area (Å²) in [6, 6.07) is 0.130. The highest BCUT2D eigenvalue weighted by atomic mass is 16.5. The largest absolute Gasteiger partial charge is 0.381 e. The van der Waals surface area contributed by atoms with Crippen LogP contribution >= 0.6 is 0 Å². The summed E-state index contributed by atoms with van der Waals surface area (Å²) in [4.78, 5) is 24.1. The number of anilines is 1. The minimum Gasteiger partial charge on any atom is -0.381 e. The van der Waals surface area contributed by atoms with Crippen molar-refractivity contribution in [3.63, 3.8) is 0 Å². The first-order valence-electron chi connectivity index (χ1n) is 10.3. The zero-order valence-electron chi connectivity index (χ0n) is 16.2. The second-order valence-corrected chi connectivity index (χ2v) is 8.02. The van der Waals surface area contributed by atoms with Crippen molar-refractivity contribution in [2.75, 3.05) is 37.8 Å². The van der Waals surface area contributed by atoms with Crippen molar-refractivity contribution in [3.8, 4) is 0 Å². The number of nitrogens with zero attached hydrogens (tertiary/aromatic N) is 3. The van der Waals surface area contributed by atoms with Gasteiger partial charge in [0.2, 0.25) is 5.95 Å². The molecule has 0 aromatic carbocycles. The van der Waals surface area contributed by atoms with E-state index < -0.39 is 0 Å². The van der Waals surface area contributed by atoms with E-state index in [1.807, 2.05) is 6.92 Å². The molecule has 3 aliphatic heterocycles. The molecule has 0 unspecified atom stereocenters. The molecule has 1 aromatic heterocycles. The number of piperidine rings is 1. The highest BCUT2D eigenvalue weighted by Crippen LogP contribution is 2.34. The Balaban J connectivity index is 1.40. The summed E-state index contributed by atoms with van der Waals surface area (Å²) in [5, 5.41) is 3.19. The summed E-state index contributed by atoms with van der Waals surface area (Å²) >= 11 is 0. The van der Waals surface area contributed by atoms with E-state index in [-0.39, 0.29) is 17.6 Å². The maximum absolute atomic E-state index is 12.8. The monoisotopic (exact) mass is 374 g/mol. The van der Waals surface area contributed by atoms with Crippen LogP contribution < -0.4 is 10.2 Å². The van der Waals surface area contributed by atoms with Crippen molar-refractivity contribution in [2.45, 2.75) is 63.5 Å². The lowest BCUT2D eigenvalue weighted by Gasteiger charge is -2.43. The Morgan fingerprint density at radius 3 is 2.74 bits per heavy atom. The van der Waals surface area contributed by atoms with Crippen LogP contribution in [0.4, 0.5) is 5.95 Å². The minimum absolute atomic E-state index is 0.0770. The molecular formula is C20H30N4O3. The van der Waals surface area contributed by atoms with Gasteiger partial charge < -0.3 is 19.7 Å². The molecule has 1 N–H and O–H groups in total. The number of hydrogen-bond donors (Lipinski definition) is 1. The first-order valence-corrected chi connectivity index (χ1v) is 10.3. The van der Waals surface area contributed by atoms with Gasteiger partial charge >= 0.3 is 0 Å². The van der Waals surface area contributed by atoms with E-state index in [9.17, 15) is 4.79 Å². The summed E-state index contributed by atoms with van der Waals surface area (Å²) in [5.41, 5.74) is 1.19. The highest BCUT2D eigenvalue weighted by Gasteiger charge is 2.39. The summed E-state index contributed by atoms with van der Waals surface area (Å²) < 4.78 is 11.5. The number of aryl methyl sites for hydroxylation is 1. The zero-order valence-corrected chi connectivity index (χ0v) is 16.2. The van der Waals surface area contributed by atoms with Crippen LogP contribution in [0, 0.1) is 6.92 Å². The Hall–Kier alpha value is -1.73. The number of nitrogens with one attached hydrogen (secondary N) is 1. The number of aromatic nitrogens is 2. The second kappa shape index (κ2) is 8.10. The lowest BCUT2D eigenvalue weighted by Crippen LogP contribution is -2.51. The topological polar surface area (TPSA) is 76.6 Å². The number of amides is 1. The van der Waals surface area contributed by atoms with Crippen LogP contribution in [0.1, 0.15) is 61.0 Å². The van der Waals surface area contributed by atoms with E-state index in [2.05, 4.69) is 20.2 Å². The molecule has 7 nitrogen and oxygen atoms in total. The molecule has 1 aromatic rings. The van der Waals surface area contributed by atoms with Gasteiger partial charge in [0.25, 0.3) is 5.91 Å². The predicted molar refractivity (Wildman–Crippen MR) is 102 cm³/mol. The van der Waals surface area contributed by atoms with Crippen LogP contribution in [0.3, 0.4) is 0 Å². The highest BCUT2D eigenvalue weighted by molar-refractivity contribution is 5.95. The molecular weight excluding hydrogens is 344 g/mol. The van der Waals surface area contributed by atoms with Gasteiger partial charge in [0.15, 0.2) is 0 Å². The van der Waals surface area contributed by atoms with Crippen molar-refractivity contribution in [1.29, 1.82) is 0 Å². The number of carbonyl (C=O) groups excluding carboxylic acids is 1. The molecule has 1 spiro atoms. The molecule has 0 saturated carbocycles. The number of hydrogen-bond acceptors (Lipinski definition) is 6. The quantitative estimate of drug-likeness (QED) is 0.874. The molecule has 27 heavy (non-hydrogen) atoms. The van der Waals surface area contributed by atoms with Gasteiger partial charge in [0.05, 0.1) is 16.9 Å². The van der Waals surface area contributed by atoms with Crippen LogP contribution in [0.5, 0.6) is 0 Å². The van der Waals surface area contributed by atoms with E-state index in [1.54, 1.807) is 6.20 Å². The van der Waals surface area contributed by atoms with Gasteiger partial charge in [-0.15, -0.1) is 0 Å². The third kappa shape index (κ3) is 4.24. The molecule has 0 bridgehead atoms. The Morgan fingerprint density at radius 1 is 1.22 bits per heavy atom. The van der Waals surface area contributed by atoms with Gasteiger partial charge in [-0.2, -0.15) is 0 Å². The van der Waals surface area contributed by atoms with Crippen molar-refractivity contribution in [3.05, 3.63) is 17.5 Å². The summed E-state index contributed by atoms with van der Waals surface area (Å²) in [6.45, 7) is 6.07. The zero-order chi connectivity index (χ0) is 18.7. The molecule has 3 fully saturated rings. The molecule has 1 atom stereocenters. The first kappa shape index (κ1) is 18.6. The Kier molecular flexibility index (Phi) is 5.59. The predicted octanol–water partition coefficient (Wildman–Crippen LogP) is 2.23. The Morgan fingerprint density at radius 2 is 2.00 bits per heavy atom. The van der Waals surface area contributed by atoms with Gasteiger partial charge in [-0.3, -0.25) is 4.79 Å². The number of rotatable bonds is 3. The van der Waals surface area contributed by atoms with Gasteiger partial charge in [-0.1, -0.05) is 0 Å². The molecule has 3 aliphatic rings. The van der Waals surface area contributed by atoms with Gasteiger partial charge in [0.1, 0.15) is 0 Å². The summed E-state index contributed by atoms with van der Waals surface area (Å²) in [7, 11) is 0. The van der Waals surface area contributed by atoms with E-state index >= 15 is 0 Å². The van der Waals surface area contributed by atoms with Crippen molar-refractivity contribution < 1.29 is 14.3 Å². The fourth-order valence-corrected chi connectivity index (χ4v) is 4.43. The molecule has 148 valence electrons. The van der Waals surface area contributed by atoms with Crippen LogP contribution in [-0.2, 0) is 9.47 Å². The third-order valence-electron chi connectivity index (χ3n) is 6.08. The lowest BCUT2D eigenvalue weighted by molar-refractivity contribution is -0.139. The van der Waals surface area contributed by atoms with Crippen LogP contribution in [0.25, 0.3) is 0 Å². The number of ether oxygens (including phenoxy) is 2. The average Bonchev–Trinajstić information content (AvgIpc) is 2.69. The minimum atomic E-state index is -0.127. The fourth-order valence-electron chi connectivity index (χ4n) is 4.43. The van der Waals surface area contributed by atoms with Crippen LogP contribution in [0.2, 0.25) is 0 Å². The van der Waals surface area contributed by atoms with Crippen molar-refractivity contribution >= 4 is 11.9 Å². The van der Waals surface area contributed by atoms with Gasteiger partial charge in [0, 0.05) is 45.1 Å². The fraction of sp³-hybridized carbons (Fsp3) is 0.750. The molecule has 1 amide bonds. The van der Waals surface area contributed by atoms with Gasteiger partial charge in [-0.25, -0.2) is 9.97 Å². The normalized spacial score (nSPS) is 25.4. The summed E-state index contributed by atoms with van der Waals surface area (Å²) in [5.74, 6) is 0.669. The Bertz CT molecular complexity index is 664. The molecule has 0 aliphatic carbocycles. The summed E-state index contributed by atoms with van der Waals surface area (Å²) in [6.07, 6.45) is 8.84. The molecule has 4 heterocycles. The van der Waals surface area contributed by atoms with Crippen molar-refractivity contribution in [2.24, 2.45) is 0 Å². The standard InChI is InChI=1S/C20H30N4O3/c1-15-17(14-21-19(22-15)24-8-3-2-4-9-24)18(25)23-16-5-10-27-20(13-16)6-11-26-12-7-20/h14,16H,2-13H2,1H3,(H,23,25)/t16-/m1/s1. The molecule has 4 rings (SSSR count). The van der Waals surface area contributed by atoms with E-state index in [4.69, 9.17) is 9.47 Å². The van der Waals surface area contributed by atoms with Crippen molar-refractivity contribution in [1.82, 2.24) is 15.3 Å².